The number of ether oxygens (including phenoxy) is 1. The highest BCUT2D eigenvalue weighted by atomic mass is 19.1. The third-order valence-electron chi connectivity index (χ3n) is 5.58. The molecule has 4 rings (SSSR count). The smallest absolute Gasteiger partial charge is 0.275 e. The quantitative estimate of drug-likeness (QED) is 0.751. The summed E-state index contributed by atoms with van der Waals surface area (Å²) in [7, 11) is 0. The van der Waals surface area contributed by atoms with E-state index in [2.05, 4.69) is 4.98 Å². The number of anilines is 1. The van der Waals surface area contributed by atoms with Crippen LogP contribution in [0.4, 0.5) is 18.9 Å². The maximum Gasteiger partial charge on any atom is 0.275 e. The van der Waals surface area contributed by atoms with E-state index in [9.17, 15) is 22.8 Å². The fourth-order valence-corrected chi connectivity index (χ4v) is 3.97. The molecule has 0 radical (unpaired) electrons. The Morgan fingerprint density at radius 3 is 2.57 bits per heavy atom. The van der Waals surface area contributed by atoms with Crippen molar-refractivity contribution in [2.75, 3.05) is 31.1 Å². The number of nitrogens with zero attached hydrogens (tertiary/aromatic N) is 3. The summed E-state index contributed by atoms with van der Waals surface area (Å²) in [6.07, 6.45) is 2.43. The van der Waals surface area contributed by atoms with Gasteiger partial charge in [-0.1, -0.05) is 0 Å². The SMILES string of the molecule is O=C(c1ncc(F)cc1F)N1CCCC2(CC1)CN(c1ccc(F)cc1)C(=O)CO2. The van der Waals surface area contributed by atoms with Crippen LogP contribution in [0, 0.1) is 17.5 Å². The van der Waals surface area contributed by atoms with E-state index in [0.717, 1.165) is 6.20 Å². The Kier molecular flexibility index (Phi) is 5.46. The Balaban J connectivity index is 1.49. The van der Waals surface area contributed by atoms with Gasteiger partial charge >= 0.3 is 0 Å². The van der Waals surface area contributed by atoms with E-state index < -0.39 is 28.8 Å². The summed E-state index contributed by atoms with van der Waals surface area (Å²) in [4.78, 5) is 31.7. The number of benzene rings is 1. The fraction of sp³-hybridized carbons (Fsp3) is 0.381. The van der Waals surface area contributed by atoms with Crippen molar-refractivity contribution in [1.82, 2.24) is 9.88 Å². The van der Waals surface area contributed by atoms with Gasteiger partial charge < -0.3 is 14.5 Å². The summed E-state index contributed by atoms with van der Waals surface area (Å²) in [5.41, 5.74) is -0.495. The lowest BCUT2D eigenvalue weighted by Crippen LogP contribution is -2.55. The predicted molar refractivity (Wildman–Crippen MR) is 101 cm³/mol. The molecule has 6 nitrogen and oxygen atoms in total. The van der Waals surface area contributed by atoms with E-state index in [1.807, 2.05) is 0 Å². The summed E-state index contributed by atoms with van der Waals surface area (Å²) in [6, 6.07) is 6.31. The minimum atomic E-state index is -0.999. The van der Waals surface area contributed by atoms with E-state index >= 15 is 0 Å². The zero-order valence-corrected chi connectivity index (χ0v) is 16.1. The molecule has 3 heterocycles. The van der Waals surface area contributed by atoms with Crippen molar-refractivity contribution >= 4 is 17.5 Å². The second-order valence-corrected chi connectivity index (χ2v) is 7.56. The number of carbonyl (C=O) groups excluding carboxylic acids is 2. The van der Waals surface area contributed by atoms with Crippen LogP contribution in [0.15, 0.2) is 36.5 Å². The fourth-order valence-electron chi connectivity index (χ4n) is 3.97. The maximum absolute atomic E-state index is 14.0. The average Bonchev–Trinajstić information content (AvgIpc) is 2.93. The second kappa shape index (κ2) is 8.06. The van der Waals surface area contributed by atoms with Crippen LogP contribution in [0.5, 0.6) is 0 Å². The van der Waals surface area contributed by atoms with Gasteiger partial charge in [-0.3, -0.25) is 9.59 Å². The van der Waals surface area contributed by atoms with Crippen molar-refractivity contribution in [2.24, 2.45) is 0 Å². The second-order valence-electron chi connectivity index (χ2n) is 7.56. The largest absolute Gasteiger partial charge is 0.363 e. The maximum atomic E-state index is 14.0. The summed E-state index contributed by atoms with van der Waals surface area (Å²) in [5.74, 6) is -3.06. The van der Waals surface area contributed by atoms with Gasteiger partial charge in [-0.2, -0.15) is 0 Å². The van der Waals surface area contributed by atoms with Crippen LogP contribution in [0.1, 0.15) is 29.8 Å². The van der Waals surface area contributed by atoms with Crippen molar-refractivity contribution < 1.29 is 27.5 Å². The van der Waals surface area contributed by atoms with Crippen LogP contribution in [0.2, 0.25) is 0 Å². The van der Waals surface area contributed by atoms with Crippen LogP contribution >= 0.6 is 0 Å². The molecule has 1 atom stereocenters. The number of pyridine rings is 1. The molecule has 0 aliphatic carbocycles. The van der Waals surface area contributed by atoms with Gasteiger partial charge in [0.05, 0.1) is 18.3 Å². The standard InChI is InChI=1S/C21H20F3N3O3/c22-14-2-4-16(5-3-14)27-13-21(30-12-18(27)28)6-1-8-26(9-7-21)20(29)19-17(24)10-15(23)11-25-19/h2-5,10-11H,1,6-9,12-13H2. The van der Waals surface area contributed by atoms with E-state index in [1.165, 1.54) is 17.0 Å². The van der Waals surface area contributed by atoms with Crippen molar-refractivity contribution in [3.63, 3.8) is 0 Å². The number of likely N-dealkylation sites (tertiary alicyclic amines) is 1. The first-order chi connectivity index (χ1) is 14.4. The Morgan fingerprint density at radius 1 is 1.07 bits per heavy atom. The summed E-state index contributed by atoms with van der Waals surface area (Å²) < 4.78 is 46.2. The van der Waals surface area contributed by atoms with Gasteiger partial charge in [-0.05, 0) is 43.5 Å². The third-order valence-corrected chi connectivity index (χ3v) is 5.58. The van der Waals surface area contributed by atoms with Crippen LogP contribution < -0.4 is 4.90 Å². The van der Waals surface area contributed by atoms with Gasteiger partial charge in [-0.15, -0.1) is 0 Å². The van der Waals surface area contributed by atoms with Crippen LogP contribution in [-0.4, -0.2) is 53.5 Å². The number of morpholine rings is 1. The van der Waals surface area contributed by atoms with E-state index in [4.69, 9.17) is 4.74 Å². The molecule has 0 saturated carbocycles. The Hall–Kier alpha value is -2.94. The highest BCUT2D eigenvalue weighted by Gasteiger charge is 2.42. The lowest BCUT2D eigenvalue weighted by atomic mass is 9.92. The molecule has 2 saturated heterocycles. The van der Waals surface area contributed by atoms with E-state index in [1.54, 1.807) is 17.0 Å². The minimum Gasteiger partial charge on any atom is -0.363 e. The van der Waals surface area contributed by atoms with Crippen LogP contribution in [0.25, 0.3) is 0 Å². The van der Waals surface area contributed by atoms with Gasteiger partial charge in [0.2, 0.25) is 0 Å². The van der Waals surface area contributed by atoms with Crippen LogP contribution in [-0.2, 0) is 9.53 Å². The van der Waals surface area contributed by atoms with Crippen molar-refractivity contribution in [3.8, 4) is 0 Å². The molecule has 2 aromatic rings. The van der Waals surface area contributed by atoms with Crippen molar-refractivity contribution in [1.29, 1.82) is 0 Å². The van der Waals surface area contributed by atoms with E-state index in [-0.39, 0.29) is 31.4 Å². The molecule has 1 aromatic carbocycles. The Morgan fingerprint density at radius 2 is 1.83 bits per heavy atom. The molecule has 2 aliphatic rings. The lowest BCUT2D eigenvalue weighted by Gasteiger charge is -2.42. The molecule has 2 aliphatic heterocycles. The summed E-state index contributed by atoms with van der Waals surface area (Å²) in [6.45, 7) is 0.817. The van der Waals surface area contributed by atoms with Crippen molar-refractivity contribution in [3.05, 3.63) is 59.7 Å². The first kappa shape index (κ1) is 20.3. The number of carbonyl (C=O) groups is 2. The zero-order chi connectivity index (χ0) is 21.3. The molecule has 0 bridgehead atoms. The molecule has 1 unspecified atom stereocenters. The molecular weight excluding hydrogens is 399 g/mol. The number of amides is 2. The molecular formula is C21H20F3N3O3. The van der Waals surface area contributed by atoms with Gasteiger partial charge in [0, 0.05) is 24.8 Å². The topological polar surface area (TPSA) is 62.7 Å². The lowest BCUT2D eigenvalue weighted by molar-refractivity contribution is -0.140. The Labute approximate surface area is 171 Å². The van der Waals surface area contributed by atoms with Gasteiger partial charge in [0.25, 0.3) is 11.8 Å². The Bertz CT molecular complexity index is 970. The van der Waals surface area contributed by atoms with Crippen LogP contribution in [0.3, 0.4) is 0 Å². The van der Waals surface area contributed by atoms with Gasteiger partial charge in [-0.25, -0.2) is 18.2 Å². The van der Waals surface area contributed by atoms with E-state index in [0.29, 0.717) is 37.6 Å². The number of hydrogen-bond acceptors (Lipinski definition) is 4. The molecule has 0 N–H and O–H groups in total. The first-order valence-electron chi connectivity index (χ1n) is 9.67. The average molecular weight is 419 g/mol. The monoisotopic (exact) mass is 419 g/mol. The molecule has 2 fully saturated rings. The normalized spacial score (nSPS) is 22.3. The molecule has 9 heteroatoms. The number of halogens is 3. The summed E-state index contributed by atoms with van der Waals surface area (Å²) >= 11 is 0. The van der Waals surface area contributed by atoms with Gasteiger partial charge in [0.15, 0.2) is 11.5 Å². The number of hydrogen-bond donors (Lipinski definition) is 0. The molecule has 1 spiro atoms. The summed E-state index contributed by atoms with van der Waals surface area (Å²) in [5, 5.41) is 0. The third kappa shape index (κ3) is 4.02. The number of rotatable bonds is 2. The number of aromatic nitrogens is 1. The highest BCUT2D eigenvalue weighted by molar-refractivity contribution is 5.95. The zero-order valence-electron chi connectivity index (χ0n) is 16.1. The molecule has 30 heavy (non-hydrogen) atoms. The molecule has 158 valence electrons. The van der Waals surface area contributed by atoms with Gasteiger partial charge in [0.1, 0.15) is 18.2 Å². The predicted octanol–water partition coefficient (Wildman–Crippen LogP) is 2.93. The van der Waals surface area contributed by atoms with Crippen molar-refractivity contribution in [2.45, 2.75) is 24.9 Å². The highest BCUT2D eigenvalue weighted by Crippen LogP contribution is 2.33. The first-order valence-corrected chi connectivity index (χ1v) is 9.67. The molecule has 2 amide bonds. The molecule has 1 aromatic heterocycles. The minimum absolute atomic E-state index is 0.112.